The molecule has 0 aliphatic rings. The Morgan fingerprint density at radius 1 is 1.00 bits per heavy atom. The molecule has 0 unspecified atom stereocenters. The van der Waals surface area contributed by atoms with E-state index in [1.54, 1.807) is 6.07 Å². The first-order chi connectivity index (χ1) is 11.7. The van der Waals surface area contributed by atoms with Crippen molar-refractivity contribution in [3.63, 3.8) is 0 Å². The van der Waals surface area contributed by atoms with Gasteiger partial charge in [-0.2, -0.15) is 3.97 Å². The van der Waals surface area contributed by atoms with Crippen LogP contribution >= 0.6 is 0 Å². The topological polar surface area (TPSA) is 73.4 Å². The van der Waals surface area contributed by atoms with Crippen molar-refractivity contribution in [2.24, 2.45) is 4.99 Å². The second-order valence-electron chi connectivity index (χ2n) is 5.42. The van der Waals surface area contributed by atoms with Gasteiger partial charge in [0.1, 0.15) is 0 Å². The van der Waals surface area contributed by atoms with E-state index in [1.165, 1.54) is 24.3 Å². The second kappa shape index (κ2) is 6.72. The van der Waals surface area contributed by atoms with Crippen LogP contribution in [-0.2, 0) is 15.3 Å². The number of hydrogen-bond donors (Lipinski definition) is 0. The number of rotatable bonds is 4. The SMILES string of the molecule is [B]C([B])([B])N=c1c(F)cn(S(=O)(=O)c2ccccc2)c(=O)n1C([B])([B])[B]. The molecule has 1 aromatic carbocycles. The van der Waals surface area contributed by atoms with Crippen LogP contribution in [0.1, 0.15) is 0 Å². The van der Waals surface area contributed by atoms with E-state index in [0.717, 1.165) is 0 Å². The summed E-state index contributed by atoms with van der Waals surface area (Å²) in [5.41, 5.74) is -2.33. The summed E-state index contributed by atoms with van der Waals surface area (Å²) >= 11 is 0. The fourth-order valence-electron chi connectivity index (χ4n) is 2.03. The minimum atomic E-state index is -4.49. The molecule has 0 bridgehead atoms. The molecule has 26 heavy (non-hydrogen) atoms. The van der Waals surface area contributed by atoms with Crippen molar-refractivity contribution in [2.45, 2.75) is 15.4 Å². The Balaban J connectivity index is 2.97. The van der Waals surface area contributed by atoms with E-state index in [-0.39, 0.29) is 13.4 Å². The second-order valence-corrected chi connectivity index (χ2v) is 7.23. The molecule has 0 N–H and O–H groups in total. The van der Waals surface area contributed by atoms with Crippen molar-refractivity contribution in [3.8, 4) is 0 Å². The molecule has 14 heteroatoms. The molecule has 0 aliphatic carbocycles. The predicted molar refractivity (Wildman–Crippen MR) is 98.5 cm³/mol. The summed E-state index contributed by atoms with van der Waals surface area (Å²) < 4.78 is 40.0. The maximum Gasteiger partial charge on any atom is 0.342 e. The van der Waals surface area contributed by atoms with E-state index in [2.05, 4.69) is 4.99 Å². The average Bonchev–Trinajstić information content (AvgIpc) is 2.48. The molecule has 2 aromatic rings. The van der Waals surface area contributed by atoms with Gasteiger partial charge in [-0.3, -0.25) is 9.56 Å². The lowest BCUT2D eigenvalue weighted by Crippen LogP contribution is -2.56. The molecule has 1 heterocycles. The van der Waals surface area contributed by atoms with Crippen LogP contribution in [0.3, 0.4) is 0 Å². The zero-order valence-electron chi connectivity index (χ0n) is 13.3. The van der Waals surface area contributed by atoms with E-state index in [4.69, 9.17) is 47.1 Å². The Morgan fingerprint density at radius 2 is 1.54 bits per heavy atom. The van der Waals surface area contributed by atoms with Crippen molar-refractivity contribution in [2.75, 3.05) is 0 Å². The van der Waals surface area contributed by atoms with Crippen LogP contribution in [0.25, 0.3) is 0 Å². The lowest BCUT2D eigenvalue weighted by atomic mass is 9.49. The predicted octanol–water partition coefficient (Wildman–Crippen LogP) is -2.88. The molecule has 0 saturated heterocycles. The quantitative estimate of drug-likeness (QED) is 0.553. The summed E-state index contributed by atoms with van der Waals surface area (Å²) in [7, 11) is 27.7. The number of halogens is 1. The van der Waals surface area contributed by atoms with Gasteiger partial charge in [0.2, 0.25) is 0 Å². The maximum atomic E-state index is 14.5. The van der Waals surface area contributed by atoms with Gasteiger partial charge in [-0.05, 0) is 17.4 Å². The molecule has 0 saturated carbocycles. The molecular weight excluding hydrogens is 350 g/mol. The van der Waals surface area contributed by atoms with Crippen molar-refractivity contribution < 1.29 is 12.8 Å². The van der Waals surface area contributed by atoms with Gasteiger partial charge in [-0.25, -0.2) is 17.6 Å². The van der Waals surface area contributed by atoms with Crippen LogP contribution in [0.2, 0.25) is 0 Å². The highest BCUT2D eigenvalue weighted by molar-refractivity contribution is 7.90. The molecular formula is C12H6B6FN3O3S. The average molecular weight is 356 g/mol. The van der Waals surface area contributed by atoms with Crippen molar-refractivity contribution in [1.82, 2.24) is 8.54 Å². The summed E-state index contributed by atoms with van der Waals surface area (Å²) in [5, 5.41) is -4.86. The molecule has 6 nitrogen and oxygen atoms in total. The Hall–Kier alpha value is -1.83. The van der Waals surface area contributed by atoms with Gasteiger partial charge in [-0.15, -0.1) is 0 Å². The Kier molecular flexibility index (Phi) is 5.29. The van der Waals surface area contributed by atoms with E-state index in [9.17, 15) is 17.6 Å². The zero-order valence-corrected chi connectivity index (χ0v) is 14.1. The standard InChI is InChI=1S/C12H6B6FN3O3S/c13-11(14,15)20-9-8(19)6-21(10(23)22(9)12(16,17)18)26(24,25)7-4-2-1-3-5-7/h1-6H. The van der Waals surface area contributed by atoms with Gasteiger partial charge < -0.3 is 0 Å². The number of hydrogen-bond acceptors (Lipinski definition) is 4. The normalized spacial score (nSPS) is 13.7. The first-order valence-corrected chi connectivity index (χ1v) is 8.33. The summed E-state index contributed by atoms with van der Waals surface area (Å²) in [6.07, 6.45) is 0.359. The van der Waals surface area contributed by atoms with Crippen molar-refractivity contribution >= 4 is 57.1 Å². The van der Waals surface area contributed by atoms with Gasteiger partial charge in [0.05, 0.1) is 58.2 Å². The Bertz CT molecular complexity index is 1050. The van der Waals surface area contributed by atoms with Crippen molar-refractivity contribution in [3.05, 3.63) is 58.3 Å². The summed E-state index contributed by atoms with van der Waals surface area (Å²) in [4.78, 5) is 15.7. The smallest absolute Gasteiger partial charge is 0.295 e. The van der Waals surface area contributed by atoms with Gasteiger partial charge in [0.15, 0.2) is 11.3 Å². The molecule has 2 rings (SSSR count). The fourth-order valence-corrected chi connectivity index (χ4v) is 3.27. The Morgan fingerprint density at radius 3 is 2.00 bits per heavy atom. The highest BCUT2D eigenvalue weighted by atomic mass is 32.2. The maximum absolute atomic E-state index is 14.5. The molecule has 0 atom stereocenters. The van der Waals surface area contributed by atoms with Crippen LogP contribution < -0.4 is 11.2 Å². The molecule has 0 spiro atoms. The third-order valence-corrected chi connectivity index (χ3v) is 4.67. The van der Waals surface area contributed by atoms with Gasteiger partial charge >= 0.3 is 5.69 Å². The molecule has 118 valence electrons. The zero-order chi connectivity index (χ0) is 19.9. The van der Waals surface area contributed by atoms with E-state index < -0.39 is 37.5 Å². The number of nitrogens with zero attached hydrogens (tertiary/aromatic N) is 3. The first kappa shape index (κ1) is 20.5. The third-order valence-electron chi connectivity index (χ3n) is 3.02. The van der Waals surface area contributed by atoms with E-state index in [0.29, 0.717) is 6.20 Å². The summed E-state index contributed by atoms with van der Waals surface area (Å²) in [6.45, 7) is 0. The third kappa shape index (κ3) is 4.11. The van der Waals surface area contributed by atoms with E-state index in [1.807, 2.05) is 0 Å². The molecule has 1 aromatic heterocycles. The lowest BCUT2D eigenvalue weighted by Gasteiger charge is -2.27. The monoisotopic (exact) mass is 357 g/mol. The molecule has 0 aliphatic heterocycles. The molecule has 0 amide bonds. The van der Waals surface area contributed by atoms with E-state index >= 15 is 0 Å². The fraction of sp³-hybridized carbons (Fsp3) is 0.167. The number of benzene rings is 1. The van der Waals surface area contributed by atoms with Crippen LogP contribution in [0, 0.1) is 5.82 Å². The minimum absolute atomic E-state index is 0.0727. The Labute approximate surface area is 157 Å². The van der Waals surface area contributed by atoms with Gasteiger partial charge in [0, 0.05) is 0 Å². The molecule has 0 fully saturated rings. The van der Waals surface area contributed by atoms with Crippen LogP contribution in [0.15, 0.2) is 51.2 Å². The van der Waals surface area contributed by atoms with Crippen molar-refractivity contribution in [1.29, 1.82) is 0 Å². The summed E-state index contributed by atoms with van der Waals surface area (Å²) in [6, 6.07) is 6.78. The van der Waals surface area contributed by atoms with Gasteiger partial charge in [0.25, 0.3) is 10.0 Å². The highest BCUT2D eigenvalue weighted by Crippen LogP contribution is 2.11. The summed E-state index contributed by atoms with van der Waals surface area (Å²) in [5.74, 6) is -1.36. The number of aromatic nitrogens is 2. The minimum Gasteiger partial charge on any atom is -0.295 e. The van der Waals surface area contributed by atoms with Crippen LogP contribution in [-0.4, -0.2) is 69.3 Å². The molecule has 12 radical (unpaired) electrons. The van der Waals surface area contributed by atoms with Crippen LogP contribution in [0.4, 0.5) is 4.39 Å². The highest BCUT2D eigenvalue weighted by Gasteiger charge is 2.26. The van der Waals surface area contributed by atoms with Crippen LogP contribution in [0.5, 0.6) is 0 Å². The lowest BCUT2D eigenvalue weighted by molar-refractivity contribution is 0.519. The van der Waals surface area contributed by atoms with Gasteiger partial charge in [-0.1, -0.05) is 23.4 Å². The largest absolute Gasteiger partial charge is 0.342 e. The first-order valence-electron chi connectivity index (χ1n) is 6.89.